The Morgan fingerprint density at radius 2 is 1.71 bits per heavy atom. The fourth-order valence-corrected chi connectivity index (χ4v) is 6.27. The number of carbonyl (C=O) groups is 1. The number of hydrogen-bond acceptors (Lipinski definition) is 3. The molecule has 0 spiro atoms. The molecule has 0 aliphatic heterocycles. The van der Waals surface area contributed by atoms with Crippen molar-refractivity contribution in [2.75, 3.05) is 10.6 Å². The fraction of sp³-hybridized carbons (Fsp3) is 0.0476. The summed E-state index contributed by atoms with van der Waals surface area (Å²) in [6.07, 6.45) is 0. The molecule has 3 aromatic rings. The minimum absolute atomic E-state index is 0.0488. The van der Waals surface area contributed by atoms with Gasteiger partial charge in [0.2, 0.25) is 0 Å². The molecule has 0 heterocycles. The molecule has 0 aliphatic carbocycles. The second-order valence-corrected chi connectivity index (χ2v) is 13.6. The van der Waals surface area contributed by atoms with Crippen LogP contribution in [0.15, 0.2) is 72.8 Å². The van der Waals surface area contributed by atoms with Gasteiger partial charge in [-0.3, -0.25) is 0 Å². The summed E-state index contributed by atoms with van der Waals surface area (Å²) in [6.45, 7) is 0. The summed E-state index contributed by atoms with van der Waals surface area (Å²) in [6, 6.07) is 22.9. The van der Waals surface area contributed by atoms with Crippen molar-refractivity contribution in [2.45, 2.75) is 5.75 Å². The molecule has 6 nitrogen and oxygen atoms in total. The van der Waals surface area contributed by atoms with E-state index < -0.39 is 29.0 Å². The van der Waals surface area contributed by atoms with Gasteiger partial charge in [-0.25, -0.2) is 0 Å². The Morgan fingerprint density at radius 3 is 2.48 bits per heavy atom. The number of nitrogens with zero attached hydrogens (tertiary/aromatic N) is 1. The van der Waals surface area contributed by atoms with E-state index in [1.165, 1.54) is 0 Å². The van der Waals surface area contributed by atoms with Crippen molar-refractivity contribution in [3.63, 3.8) is 0 Å². The van der Waals surface area contributed by atoms with E-state index in [-0.39, 0.29) is 10.8 Å². The first-order valence-electron chi connectivity index (χ1n) is 8.89. The van der Waals surface area contributed by atoms with Gasteiger partial charge < -0.3 is 0 Å². The molecule has 2 N–H and O–H groups in total. The van der Waals surface area contributed by atoms with Gasteiger partial charge in [0.15, 0.2) is 0 Å². The van der Waals surface area contributed by atoms with Crippen molar-refractivity contribution in [3.8, 4) is 6.07 Å². The number of anilines is 2. The predicted molar refractivity (Wildman–Crippen MR) is 127 cm³/mol. The number of carbonyl (C=O) groups excluding carboxylic acids is 1. The first-order chi connectivity index (χ1) is 14.8. The van der Waals surface area contributed by atoms with Crippen LogP contribution in [0.2, 0.25) is 10.0 Å². The molecule has 10 heteroatoms. The summed E-state index contributed by atoms with van der Waals surface area (Å²) in [4.78, 5) is 12.2. The van der Waals surface area contributed by atoms with Gasteiger partial charge in [-0.1, -0.05) is 0 Å². The SMILES string of the molecule is O=C(Nc1cccc(C#[N+][As]S(=O)(=O)Cc2ccccc2)c1)Nc1cccc(Cl)c1Cl. The van der Waals surface area contributed by atoms with E-state index in [2.05, 4.69) is 20.5 Å². The number of amides is 2. The number of benzene rings is 3. The van der Waals surface area contributed by atoms with Gasteiger partial charge in [-0.05, 0) is 0 Å². The van der Waals surface area contributed by atoms with Crippen LogP contribution in [0.4, 0.5) is 16.2 Å². The summed E-state index contributed by atoms with van der Waals surface area (Å²) < 4.78 is 28.5. The molecule has 0 aliphatic rings. The average Bonchev–Trinajstić information content (AvgIpc) is 2.72. The Hall–Kier alpha value is -2.49. The zero-order chi connectivity index (χ0) is 22.3. The van der Waals surface area contributed by atoms with Gasteiger partial charge in [0.25, 0.3) is 0 Å². The van der Waals surface area contributed by atoms with Gasteiger partial charge in [-0.2, -0.15) is 0 Å². The number of hydrogen-bond donors (Lipinski definition) is 2. The first-order valence-corrected chi connectivity index (χ1v) is 14.4. The predicted octanol–water partition coefficient (Wildman–Crippen LogP) is 5.47. The summed E-state index contributed by atoms with van der Waals surface area (Å²) >= 11 is 10.7. The molecule has 0 unspecified atom stereocenters. The van der Waals surface area contributed by atoms with Crippen LogP contribution in [0.25, 0.3) is 3.76 Å². The third-order valence-corrected chi connectivity index (χ3v) is 8.81. The monoisotopic (exact) mass is 535 g/mol. The summed E-state index contributed by atoms with van der Waals surface area (Å²) in [5.74, 6) is -0.0488. The standard InChI is InChI=1S/C21H16AsCl2N3O3S/c23-18-10-5-11-19(20(18)24)27-21(28)26-17-9-4-8-16(12-17)13-25-22-31(29,30)14-15-6-2-1-3-7-15/h1-12H,14H2,(H2,26,27,28)/q+1. The van der Waals surface area contributed by atoms with Crippen LogP contribution >= 0.6 is 23.2 Å². The van der Waals surface area contributed by atoms with Crippen molar-refractivity contribution in [1.29, 1.82) is 0 Å². The van der Waals surface area contributed by atoms with E-state index in [0.717, 1.165) is 5.56 Å². The molecule has 157 valence electrons. The molecule has 2 amide bonds. The molecule has 0 saturated heterocycles. The van der Waals surface area contributed by atoms with Crippen molar-refractivity contribution < 1.29 is 13.2 Å². The third-order valence-electron chi connectivity index (χ3n) is 3.86. The molecule has 31 heavy (non-hydrogen) atoms. The van der Waals surface area contributed by atoms with Crippen LogP contribution in [0.1, 0.15) is 11.1 Å². The fourth-order valence-electron chi connectivity index (χ4n) is 2.51. The quantitative estimate of drug-likeness (QED) is 0.425. The molecule has 3 rings (SSSR count). The van der Waals surface area contributed by atoms with Crippen LogP contribution in [0.3, 0.4) is 0 Å². The van der Waals surface area contributed by atoms with Crippen LogP contribution in [0.5, 0.6) is 0 Å². The zero-order valence-electron chi connectivity index (χ0n) is 15.9. The zero-order valence-corrected chi connectivity index (χ0v) is 20.1. The van der Waals surface area contributed by atoms with Crippen molar-refractivity contribution in [2.24, 2.45) is 0 Å². The van der Waals surface area contributed by atoms with Crippen molar-refractivity contribution in [3.05, 3.63) is 97.7 Å². The Kier molecular flexibility index (Phi) is 8.00. The molecule has 0 atom stereocenters. The van der Waals surface area contributed by atoms with E-state index >= 15 is 0 Å². The van der Waals surface area contributed by atoms with Crippen LogP contribution in [0, 0.1) is 6.07 Å². The molecule has 0 fully saturated rings. The second kappa shape index (κ2) is 10.7. The molecular formula is C21H16AsCl2N3O3S+. The number of urea groups is 1. The number of halogens is 2. The van der Waals surface area contributed by atoms with E-state index in [1.54, 1.807) is 66.7 Å². The molecule has 0 saturated carbocycles. The maximum absolute atomic E-state index is 12.3. The Labute approximate surface area is 196 Å². The van der Waals surface area contributed by atoms with E-state index in [4.69, 9.17) is 23.2 Å². The van der Waals surface area contributed by atoms with Gasteiger partial charge in [0, 0.05) is 0 Å². The second-order valence-electron chi connectivity index (χ2n) is 6.27. The topological polar surface area (TPSA) is 79.6 Å². The normalized spacial score (nSPS) is 11.0. The Morgan fingerprint density at radius 1 is 0.968 bits per heavy atom. The summed E-state index contributed by atoms with van der Waals surface area (Å²) in [5, 5.41) is 5.87. The van der Waals surface area contributed by atoms with E-state index in [0.29, 0.717) is 22.0 Å². The van der Waals surface area contributed by atoms with Gasteiger partial charge in [0.05, 0.1) is 0 Å². The number of rotatable bonds is 5. The molecular weight excluding hydrogens is 520 g/mol. The van der Waals surface area contributed by atoms with E-state index in [1.807, 2.05) is 6.07 Å². The van der Waals surface area contributed by atoms with Crippen LogP contribution in [-0.4, -0.2) is 29.3 Å². The van der Waals surface area contributed by atoms with Crippen molar-refractivity contribution >= 4 is 63.5 Å². The van der Waals surface area contributed by atoms with Gasteiger partial charge >= 0.3 is 197 Å². The minimum atomic E-state index is -3.31. The Balaban J connectivity index is 1.61. The first kappa shape index (κ1) is 23.2. The number of nitrogens with one attached hydrogen (secondary N) is 2. The van der Waals surface area contributed by atoms with Crippen molar-refractivity contribution in [1.82, 2.24) is 0 Å². The van der Waals surface area contributed by atoms with Crippen LogP contribution < -0.4 is 10.6 Å². The Bertz CT molecular complexity index is 1260. The molecule has 0 bridgehead atoms. The molecule has 1 radical (unpaired) electrons. The summed E-state index contributed by atoms with van der Waals surface area (Å²) in [5.41, 5.74) is 2.14. The van der Waals surface area contributed by atoms with Gasteiger partial charge in [0.1, 0.15) is 0 Å². The van der Waals surface area contributed by atoms with E-state index in [9.17, 15) is 13.2 Å². The van der Waals surface area contributed by atoms with Crippen LogP contribution in [-0.2, 0) is 13.9 Å². The third kappa shape index (κ3) is 7.30. The average molecular weight is 536 g/mol. The molecule has 0 aromatic heterocycles. The van der Waals surface area contributed by atoms with Gasteiger partial charge in [-0.15, -0.1) is 0 Å². The molecule has 3 aromatic carbocycles. The maximum atomic E-state index is 12.3. The summed E-state index contributed by atoms with van der Waals surface area (Å²) in [7, 11) is -3.31.